The molecule has 1 heterocycles. The number of ether oxygens (including phenoxy) is 1. The molecule has 0 aliphatic carbocycles. The molecule has 78 valence electrons. The van der Waals surface area contributed by atoms with Crippen LogP contribution in [-0.4, -0.2) is 29.2 Å². The van der Waals surface area contributed by atoms with Gasteiger partial charge in [-0.3, -0.25) is 0 Å². The summed E-state index contributed by atoms with van der Waals surface area (Å²) in [4.78, 5) is 11.4. The minimum Gasteiger partial charge on any atom is -0.460 e. The maximum atomic E-state index is 11.4. The summed E-state index contributed by atoms with van der Waals surface area (Å²) in [6.07, 6.45) is 3.65. The zero-order valence-corrected chi connectivity index (χ0v) is 9.13. The molecule has 0 spiro atoms. The third-order valence-electron chi connectivity index (χ3n) is 1.76. The van der Waals surface area contributed by atoms with E-state index in [1.165, 1.54) is 0 Å². The number of rotatable bonds is 4. The van der Waals surface area contributed by atoms with Crippen molar-refractivity contribution in [2.75, 3.05) is 24.3 Å². The Kier molecular flexibility index (Phi) is 3.88. The van der Waals surface area contributed by atoms with Gasteiger partial charge in [-0.1, -0.05) is 0 Å². The number of carbonyl (C=O) groups is 1. The second kappa shape index (κ2) is 4.95. The Morgan fingerprint density at radius 3 is 2.93 bits per heavy atom. The van der Waals surface area contributed by atoms with E-state index in [0.717, 1.165) is 5.75 Å². The summed E-state index contributed by atoms with van der Waals surface area (Å²) in [6, 6.07) is 1.61. The average molecular weight is 214 g/mol. The summed E-state index contributed by atoms with van der Waals surface area (Å²) >= 11 is 1.64. The first-order valence-corrected chi connectivity index (χ1v) is 5.62. The molecule has 0 saturated heterocycles. The van der Waals surface area contributed by atoms with Crippen LogP contribution in [0.25, 0.3) is 0 Å². The largest absolute Gasteiger partial charge is 0.460 e. The number of aryl methyl sites for hydroxylation is 1. The molecule has 4 nitrogen and oxygen atoms in total. The Labute approximate surface area is 87.4 Å². The number of aromatic nitrogens is 1. The van der Waals surface area contributed by atoms with E-state index in [1.54, 1.807) is 35.6 Å². The predicted molar refractivity (Wildman–Crippen MR) is 58.5 cm³/mol. The highest BCUT2D eigenvalue weighted by molar-refractivity contribution is 7.98. The molecule has 0 radical (unpaired) electrons. The molecule has 0 aliphatic heterocycles. The topological polar surface area (TPSA) is 57.2 Å². The maximum Gasteiger partial charge on any atom is 0.355 e. The number of nitrogen functional groups attached to an aromatic ring is 1. The van der Waals surface area contributed by atoms with Gasteiger partial charge in [0.1, 0.15) is 12.3 Å². The zero-order chi connectivity index (χ0) is 10.6. The Morgan fingerprint density at radius 1 is 1.71 bits per heavy atom. The lowest BCUT2D eigenvalue weighted by Crippen LogP contribution is -2.11. The van der Waals surface area contributed by atoms with Crippen molar-refractivity contribution in [3.63, 3.8) is 0 Å². The van der Waals surface area contributed by atoms with Crippen molar-refractivity contribution in [2.45, 2.75) is 0 Å². The van der Waals surface area contributed by atoms with Crippen molar-refractivity contribution in [1.82, 2.24) is 4.57 Å². The number of anilines is 1. The molecule has 14 heavy (non-hydrogen) atoms. The van der Waals surface area contributed by atoms with Gasteiger partial charge in [-0.2, -0.15) is 11.8 Å². The fourth-order valence-electron chi connectivity index (χ4n) is 1.08. The van der Waals surface area contributed by atoms with Gasteiger partial charge in [-0.25, -0.2) is 4.79 Å². The standard InChI is InChI=1S/C9H14N2O2S/c1-11-6-7(10)5-8(11)9(12)13-3-4-14-2/h5-6H,3-4,10H2,1-2H3. The van der Waals surface area contributed by atoms with Crippen LogP contribution in [0.2, 0.25) is 0 Å². The molecule has 0 unspecified atom stereocenters. The van der Waals surface area contributed by atoms with Crippen LogP contribution >= 0.6 is 11.8 Å². The molecule has 0 aromatic carbocycles. The minimum absolute atomic E-state index is 0.321. The molecule has 2 N–H and O–H groups in total. The molecular formula is C9H14N2O2S. The first-order valence-electron chi connectivity index (χ1n) is 4.23. The van der Waals surface area contributed by atoms with Crippen LogP contribution in [0.1, 0.15) is 10.5 Å². The van der Waals surface area contributed by atoms with E-state index in [9.17, 15) is 4.79 Å². The number of nitrogens with zero attached hydrogens (tertiary/aromatic N) is 1. The Morgan fingerprint density at radius 2 is 2.43 bits per heavy atom. The van der Waals surface area contributed by atoms with Crippen LogP contribution in [0, 0.1) is 0 Å². The van der Waals surface area contributed by atoms with E-state index in [-0.39, 0.29) is 5.97 Å². The Balaban J connectivity index is 2.56. The van der Waals surface area contributed by atoms with Gasteiger partial charge in [0.05, 0.1) is 5.69 Å². The second-order valence-corrected chi connectivity index (χ2v) is 3.88. The minimum atomic E-state index is -0.321. The number of hydrogen-bond acceptors (Lipinski definition) is 4. The van der Waals surface area contributed by atoms with E-state index >= 15 is 0 Å². The van der Waals surface area contributed by atoms with Gasteiger partial charge >= 0.3 is 5.97 Å². The van der Waals surface area contributed by atoms with Gasteiger partial charge in [0.15, 0.2) is 0 Å². The lowest BCUT2D eigenvalue weighted by atomic mass is 10.4. The van der Waals surface area contributed by atoms with E-state index in [0.29, 0.717) is 18.0 Å². The summed E-state index contributed by atoms with van der Waals surface area (Å²) in [5.74, 6) is 0.490. The SMILES string of the molecule is CSCCOC(=O)c1cc(N)cn1C. The van der Waals surface area contributed by atoms with Gasteiger partial charge in [0, 0.05) is 19.0 Å². The number of nitrogens with two attached hydrogens (primary N) is 1. The fraction of sp³-hybridized carbons (Fsp3) is 0.444. The quantitative estimate of drug-likeness (QED) is 0.603. The molecule has 0 saturated carbocycles. The average Bonchev–Trinajstić information content (AvgIpc) is 2.45. The van der Waals surface area contributed by atoms with Crippen LogP contribution < -0.4 is 5.73 Å². The summed E-state index contributed by atoms with van der Waals surface area (Å²) in [5.41, 5.74) is 6.60. The fourth-order valence-corrected chi connectivity index (χ4v) is 1.33. The molecule has 0 atom stereocenters. The molecule has 0 fully saturated rings. The molecular weight excluding hydrogens is 200 g/mol. The van der Waals surface area contributed by atoms with Crippen molar-refractivity contribution in [3.8, 4) is 0 Å². The maximum absolute atomic E-state index is 11.4. The highest BCUT2D eigenvalue weighted by Gasteiger charge is 2.11. The first kappa shape index (κ1) is 11.0. The summed E-state index contributed by atoms with van der Waals surface area (Å²) in [5, 5.41) is 0. The predicted octanol–water partition coefficient (Wildman–Crippen LogP) is 1.13. The first-order chi connectivity index (χ1) is 6.65. The molecule has 1 aromatic rings. The monoisotopic (exact) mass is 214 g/mol. The number of thioether (sulfide) groups is 1. The van der Waals surface area contributed by atoms with Crippen LogP contribution in [0.15, 0.2) is 12.3 Å². The third-order valence-corrected chi connectivity index (χ3v) is 2.33. The highest BCUT2D eigenvalue weighted by atomic mass is 32.2. The third kappa shape index (κ3) is 2.70. The van der Waals surface area contributed by atoms with Crippen molar-refractivity contribution in [2.24, 2.45) is 7.05 Å². The van der Waals surface area contributed by atoms with Gasteiger partial charge in [0.2, 0.25) is 0 Å². The smallest absolute Gasteiger partial charge is 0.355 e. The van der Waals surface area contributed by atoms with E-state index < -0.39 is 0 Å². The molecule has 5 heteroatoms. The van der Waals surface area contributed by atoms with Crippen LogP contribution in [0.3, 0.4) is 0 Å². The number of carbonyl (C=O) groups excluding carboxylic acids is 1. The molecule has 0 aliphatic rings. The van der Waals surface area contributed by atoms with Crippen molar-refractivity contribution >= 4 is 23.4 Å². The Bertz CT molecular complexity index is 323. The molecule has 0 bridgehead atoms. The summed E-state index contributed by atoms with van der Waals surface area (Å²) in [7, 11) is 1.77. The van der Waals surface area contributed by atoms with Gasteiger partial charge in [0.25, 0.3) is 0 Å². The van der Waals surface area contributed by atoms with Crippen molar-refractivity contribution < 1.29 is 9.53 Å². The second-order valence-electron chi connectivity index (χ2n) is 2.90. The normalized spacial score (nSPS) is 10.1. The lowest BCUT2D eigenvalue weighted by molar-refractivity contribution is 0.0519. The van der Waals surface area contributed by atoms with E-state index in [2.05, 4.69) is 0 Å². The van der Waals surface area contributed by atoms with Crippen LogP contribution in [0.5, 0.6) is 0 Å². The zero-order valence-electron chi connectivity index (χ0n) is 8.32. The van der Waals surface area contributed by atoms with E-state index in [1.807, 2.05) is 6.26 Å². The molecule has 0 amide bonds. The van der Waals surface area contributed by atoms with Crippen molar-refractivity contribution in [3.05, 3.63) is 18.0 Å². The van der Waals surface area contributed by atoms with Gasteiger partial charge < -0.3 is 15.0 Å². The number of esters is 1. The lowest BCUT2D eigenvalue weighted by Gasteiger charge is -2.03. The van der Waals surface area contributed by atoms with Crippen LogP contribution in [0.4, 0.5) is 5.69 Å². The number of hydrogen-bond donors (Lipinski definition) is 1. The summed E-state index contributed by atoms with van der Waals surface area (Å²) < 4.78 is 6.69. The van der Waals surface area contributed by atoms with Gasteiger partial charge in [-0.05, 0) is 12.3 Å². The van der Waals surface area contributed by atoms with Gasteiger partial charge in [-0.15, -0.1) is 0 Å². The van der Waals surface area contributed by atoms with Crippen LogP contribution in [-0.2, 0) is 11.8 Å². The summed E-state index contributed by atoms with van der Waals surface area (Å²) in [6.45, 7) is 0.436. The van der Waals surface area contributed by atoms with Crippen molar-refractivity contribution in [1.29, 1.82) is 0 Å². The van der Waals surface area contributed by atoms with E-state index in [4.69, 9.17) is 10.5 Å². The Hall–Kier alpha value is -1.10. The molecule has 1 rings (SSSR count). The highest BCUT2D eigenvalue weighted by Crippen LogP contribution is 2.09. The molecule has 1 aromatic heterocycles.